The van der Waals surface area contributed by atoms with Crippen molar-refractivity contribution in [1.82, 2.24) is 10.3 Å². The fourth-order valence-electron chi connectivity index (χ4n) is 3.99. The zero-order valence-corrected chi connectivity index (χ0v) is 22.9. The van der Waals surface area contributed by atoms with E-state index in [9.17, 15) is 19.5 Å². The number of ketones is 2. The van der Waals surface area contributed by atoms with Gasteiger partial charge in [0.25, 0.3) is 5.91 Å². The fourth-order valence-corrected chi connectivity index (χ4v) is 3.99. The lowest BCUT2D eigenvalue weighted by molar-refractivity contribution is -0.118. The van der Waals surface area contributed by atoms with E-state index in [2.05, 4.69) is 24.1 Å². The van der Waals surface area contributed by atoms with Crippen LogP contribution in [0.1, 0.15) is 60.5 Å². The highest BCUT2D eigenvalue weighted by molar-refractivity contribution is 6.09. The van der Waals surface area contributed by atoms with Gasteiger partial charge in [0.15, 0.2) is 11.6 Å². The van der Waals surface area contributed by atoms with Crippen molar-refractivity contribution in [3.63, 3.8) is 0 Å². The SMILES string of the molecule is CCC.COc1ccc(-c2ccc3nc(C(=O)NC(Cc4ccc(O)cc4)C(C)=O)cc(C(C)=O)c3c2)cc1. The maximum atomic E-state index is 13.1. The molecule has 0 radical (unpaired) electrons. The number of nitrogens with one attached hydrogen (secondary N) is 1. The van der Waals surface area contributed by atoms with Crippen molar-refractivity contribution >= 4 is 28.4 Å². The number of Topliss-reactive ketones (excluding diaryl/α,β-unsaturated/α-hetero) is 2. The molecule has 7 heteroatoms. The summed E-state index contributed by atoms with van der Waals surface area (Å²) in [5, 5.41) is 12.9. The molecule has 1 atom stereocenters. The molecule has 0 bridgehead atoms. The van der Waals surface area contributed by atoms with Crippen LogP contribution in [0.2, 0.25) is 0 Å². The summed E-state index contributed by atoms with van der Waals surface area (Å²) in [5.41, 5.74) is 3.57. The number of rotatable bonds is 8. The van der Waals surface area contributed by atoms with Crippen LogP contribution < -0.4 is 10.1 Å². The third kappa shape index (κ3) is 7.51. The first-order valence-electron chi connectivity index (χ1n) is 12.9. The van der Waals surface area contributed by atoms with E-state index in [1.165, 1.54) is 38.5 Å². The minimum atomic E-state index is -0.780. The first kappa shape index (κ1) is 29.0. The van der Waals surface area contributed by atoms with Crippen LogP contribution in [0.25, 0.3) is 22.0 Å². The van der Waals surface area contributed by atoms with E-state index in [0.717, 1.165) is 22.4 Å². The molecule has 1 heterocycles. The number of ether oxygens (including phenoxy) is 1. The molecule has 4 aromatic rings. The van der Waals surface area contributed by atoms with Gasteiger partial charge < -0.3 is 15.2 Å². The van der Waals surface area contributed by atoms with Crippen LogP contribution in [-0.4, -0.2) is 40.7 Å². The molecule has 0 saturated heterocycles. The van der Waals surface area contributed by atoms with Crippen molar-refractivity contribution < 1.29 is 24.2 Å². The lowest BCUT2D eigenvalue weighted by Gasteiger charge is -2.17. The highest BCUT2D eigenvalue weighted by Crippen LogP contribution is 2.28. The van der Waals surface area contributed by atoms with Crippen molar-refractivity contribution in [2.24, 2.45) is 0 Å². The van der Waals surface area contributed by atoms with Crippen molar-refractivity contribution in [2.45, 2.75) is 46.6 Å². The number of amides is 1. The van der Waals surface area contributed by atoms with Crippen LogP contribution in [0.4, 0.5) is 0 Å². The zero-order valence-electron chi connectivity index (χ0n) is 22.9. The largest absolute Gasteiger partial charge is 0.508 e. The molecular weight excluding hydrogens is 492 g/mol. The second kappa shape index (κ2) is 13.3. The van der Waals surface area contributed by atoms with Gasteiger partial charge in [0.05, 0.1) is 18.7 Å². The van der Waals surface area contributed by atoms with Crippen molar-refractivity contribution in [2.75, 3.05) is 7.11 Å². The number of carbonyl (C=O) groups excluding carboxylic acids is 3. The minimum absolute atomic E-state index is 0.0573. The topological polar surface area (TPSA) is 106 Å². The second-order valence-electron chi connectivity index (χ2n) is 9.29. The summed E-state index contributed by atoms with van der Waals surface area (Å²) in [4.78, 5) is 42.3. The average molecular weight is 527 g/mol. The predicted octanol–water partition coefficient (Wildman–Crippen LogP) is 6.17. The number of phenolic OH excluding ortho intramolecular Hbond substituents is 1. The number of methoxy groups -OCH3 is 1. The molecule has 7 nitrogen and oxygen atoms in total. The van der Waals surface area contributed by atoms with E-state index in [0.29, 0.717) is 16.5 Å². The Morgan fingerprint density at radius 3 is 2.08 bits per heavy atom. The van der Waals surface area contributed by atoms with Gasteiger partial charge in [-0.2, -0.15) is 0 Å². The van der Waals surface area contributed by atoms with Crippen molar-refractivity contribution in [3.05, 3.63) is 89.6 Å². The third-order valence-electron chi connectivity index (χ3n) is 6.02. The van der Waals surface area contributed by atoms with E-state index in [-0.39, 0.29) is 29.4 Å². The summed E-state index contributed by atoms with van der Waals surface area (Å²) in [6, 6.07) is 20.2. The number of aromatic nitrogens is 1. The van der Waals surface area contributed by atoms with Gasteiger partial charge >= 0.3 is 0 Å². The van der Waals surface area contributed by atoms with Crippen LogP contribution in [0.3, 0.4) is 0 Å². The van der Waals surface area contributed by atoms with Gasteiger partial charge in [0.1, 0.15) is 17.2 Å². The van der Waals surface area contributed by atoms with Crippen LogP contribution in [0.15, 0.2) is 72.8 Å². The Balaban J connectivity index is 0.00000134. The van der Waals surface area contributed by atoms with E-state index in [1.54, 1.807) is 25.3 Å². The molecule has 0 saturated carbocycles. The van der Waals surface area contributed by atoms with Gasteiger partial charge in [0, 0.05) is 10.9 Å². The summed E-state index contributed by atoms with van der Waals surface area (Å²) in [5.74, 6) is -0.0914. The number of nitrogens with zero attached hydrogens (tertiary/aromatic N) is 1. The smallest absolute Gasteiger partial charge is 0.270 e. The van der Waals surface area contributed by atoms with E-state index in [4.69, 9.17) is 4.74 Å². The Kier molecular flexibility index (Phi) is 9.92. The molecule has 1 amide bonds. The highest BCUT2D eigenvalue weighted by Gasteiger charge is 2.21. The Morgan fingerprint density at radius 2 is 1.51 bits per heavy atom. The summed E-state index contributed by atoms with van der Waals surface area (Å²) in [6.45, 7) is 7.10. The van der Waals surface area contributed by atoms with Gasteiger partial charge in [-0.1, -0.05) is 50.6 Å². The van der Waals surface area contributed by atoms with Crippen LogP contribution in [0, 0.1) is 0 Å². The fraction of sp³-hybridized carbons (Fsp3) is 0.250. The Hall–Kier alpha value is -4.52. The molecule has 39 heavy (non-hydrogen) atoms. The van der Waals surface area contributed by atoms with Crippen molar-refractivity contribution in [1.29, 1.82) is 0 Å². The van der Waals surface area contributed by atoms with E-state index < -0.39 is 11.9 Å². The van der Waals surface area contributed by atoms with Gasteiger partial charge in [-0.05, 0) is 79.4 Å². The number of fused-ring (bicyclic) bond motifs is 1. The highest BCUT2D eigenvalue weighted by atomic mass is 16.5. The second-order valence-corrected chi connectivity index (χ2v) is 9.29. The lowest BCUT2D eigenvalue weighted by Crippen LogP contribution is -2.41. The molecule has 202 valence electrons. The minimum Gasteiger partial charge on any atom is -0.508 e. The maximum Gasteiger partial charge on any atom is 0.270 e. The molecule has 3 aromatic carbocycles. The number of pyridine rings is 1. The molecule has 0 fully saturated rings. The molecule has 1 aromatic heterocycles. The van der Waals surface area contributed by atoms with E-state index in [1.807, 2.05) is 36.4 Å². The van der Waals surface area contributed by atoms with Gasteiger partial charge in [-0.3, -0.25) is 14.4 Å². The zero-order chi connectivity index (χ0) is 28.5. The summed E-state index contributed by atoms with van der Waals surface area (Å²) < 4.78 is 5.22. The van der Waals surface area contributed by atoms with Gasteiger partial charge in [-0.25, -0.2) is 4.98 Å². The van der Waals surface area contributed by atoms with Gasteiger partial charge in [0.2, 0.25) is 0 Å². The molecule has 0 aliphatic rings. The maximum absolute atomic E-state index is 13.1. The molecule has 2 N–H and O–H groups in total. The number of hydrogen-bond donors (Lipinski definition) is 2. The molecule has 1 unspecified atom stereocenters. The Bertz CT molecular complexity index is 1460. The Labute approximate surface area is 228 Å². The Morgan fingerprint density at radius 1 is 0.897 bits per heavy atom. The quantitative estimate of drug-likeness (QED) is 0.266. The molecule has 4 rings (SSSR count). The normalized spacial score (nSPS) is 11.2. The lowest BCUT2D eigenvalue weighted by atomic mass is 9.98. The van der Waals surface area contributed by atoms with Crippen molar-refractivity contribution in [3.8, 4) is 22.6 Å². The van der Waals surface area contributed by atoms with Crippen LogP contribution in [0.5, 0.6) is 11.5 Å². The third-order valence-corrected chi connectivity index (χ3v) is 6.02. The standard InChI is InChI=1S/C29H26N2O5.C3H8/c1-17(32)24-16-28(29(35)31-27(18(2)33)14-19-4-9-22(34)10-5-19)30-26-13-8-21(15-25(24)26)20-6-11-23(36-3)12-7-20;1-3-2/h4-13,15-16,27,34H,14H2,1-3H3,(H,31,35);3H2,1-2H3. The summed E-state index contributed by atoms with van der Waals surface area (Å²) in [7, 11) is 1.61. The first-order valence-corrected chi connectivity index (χ1v) is 12.9. The van der Waals surface area contributed by atoms with E-state index >= 15 is 0 Å². The molecule has 0 aliphatic heterocycles. The molecule has 0 aliphatic carbocycles. The summed E-state index contributed by atoms with van der Waals surface area (Å²) in [6.07, 6.45) is 1.51. The summed E-state index contributed by atoms with van der Waals surface area (Å²) >= 11 is 0. The number of carbonyl (C=O) groups is 3. The number of benzene rings is 3. The van der Waals surface area contributed by atoms with Crippen LogP contribution >= 0.6 is 0 Å². The monoisotopic (exact) mass is 526 g/mol. The number of hydrogen-bond acceptors (Lipinski definition) is 6. The molecule has 0 spiro atoms. The number of aromatic hydroxyl groups is 1. The van der Waals surface area contributed by atoms with Crippen LogP contribution in [-0.2, 0) is 11.2 Å². The first-order chi connectivity index (χ1) is 18.7. The predicted molar refractivity (Wildman–Crippen MR) is 153 cm³/mol. The molecular formula is C32H34N2O5. The van der Waals surface area contributed by atoms with Gasteiger partial charge in [-0.15, -0.1) is 0 Å². The average Bonchev–Trinajstić information content (AvgIpc) is 2.93. The number of phenols is 1.